The van der Waals surface area contributed by atoms with E-state index in [9.17, 15) is 8.42 Å². The third kappa shape index (κ3) is 3.12. The van der Waals surface area contributed by atoms with Gasteiger partial charge in [-0.15, -0.1) is 0 Å². The molecule has 8 heteroatoms. The molecular weight excluding hydrogens is 343 g/mol. The largest absolute Gasteiger partial charge is 0.397 e. The average molecular weight is 352 g/mol. The Kier molecular flexibility index (Phi) is 4.34. The van der Waals surface area contributed by atoms with E-state index in [1.54, 1.807) is 6.07 Å². The van der Waals surface area contributed by atoms with Gasteiger partial charge in [0, 0.05) is 5.02 Å². The molecule has 0 spiro atoms. The highest BCUT2D eigenvalue weighted by Gasteiger charge is 2.22. The van der Waals surface area contributed by atoms with Crippen molar-refractivity contribution in [2.75, 3.05) is 10.5 Å². The molecule has 0 unspecified atom stereocenters. The van der Waals surface area contributed by atoms with Gasteiger partial charge in [-0.1, -0.05) is 40.9 Å². The Labute approximate surface area is 131 Å². The number of benzene rings is 2. The van der Waals surface area contributed by atoms with Crippen LogP contribution in [0.15, 0.2) is 41.3 Å². The molecule has 20 heavy (non-hydrogen) atoms. The van der Waals surface area contributed by atoms with Gasteiger partial charge in [0.15, 0.2) is 0 Å². The summed E-state index contributed by atoms with van der Waals surface area (Å²) in [6, 6.07) is 8.85. The molecule has 0 saturated carbocycles. The molecule has 0 atom stereocenters. The summed E-state index contributed by atoms with van der Waals surface area (Å²) >= 11 is 17.5. The van der Waals surface area contributed by atoms with Gasteiger partial charge >= 0.3 is 0 Å². The zero-order valence-corrected chi connectivity index (χ0v) is 13.0. The lowest BCUT2D eigenvalue weighted by Gasteiger charge is -2.12. The molecule has 2 rings (SSSR count). The molecule has 0 aliphatic rings. The fourth-order valence-electron chi connectivity index (χ4n) is 1.56. The van der Waals surface area contributed by atoms with Gasteiger partial charge in [-0.2, -0.15) is 0 Å². The maximum atomic E-state index is 12.3. The van der Waals surface area contributed by atoms with Crippen LogP contribution in [0.2, 0.25) is 15.1 Å². The van der Waals surface area contributed by atoms with E-state index in [-0.39, 0.29) is 26.3 Å². The first kappa shape index (κ1) is 15.3. The SMILES string of the molecule is Nc1cc(Cl)ccc1NS(=O)(=O)c1c(Cl)cccc1Cl. The number of hydrogen-bond donors (Lipinski definition) is 2. The molecular formula is C12H9Cl3N2O2S. The Morgan fingerprint density at radius 1 is 1.00 bits per heavy atom. The van der Waals surface area contributed by atoms with Gasteiger partial charge < -0.3 is 5.73 Å². The molecule has 0 heterocycles. The molecule has 0 fully saturated rings. The molecule has 0 aliphatic carbocycles. The minimum absolute atomic E-state index is 0.0255. The third-order valence-electron chi connectivity index (χ3n) is 2.45. The number of nitrogens with one attached hydrogen (secondary N) is 1. The highest BCUT2D eigenvalue weighted by Crippen LogP contribution is 2.32. The first-order valence-electron chi connectivity index (χ1n) is 5.33. The Balaban J connectivity index is 2.46. The fourth-order valence-corrected chi connectivity index (χ4v) is 3.98. The standard InChI is InChI=1S/C12H9Cl3N2O2S/c13-7-4-5-11(10(16)6-7)17-20(18,19)12-8(14)2-1-3-9(12)15/h1-6,17H,16H2. The maximum absolute atomic E-state index is 12.3. The summed E-state index contributed by atoms with van der Waals surface area (Å²) < 4.78 is 27.0. The number of rotatable bonds is 3. The molecule has 0 radical (unpaired) electrons. The maximum Gasteiger partial charge on any atom is 0.264 e. The van der Waals surface area contributed by atoms with E-state index in [2.05, 4.69) is 4.72 Å². The zero-order chi connectivity index (χ0) is 14.9. The van der Waals surface area contributed by atoms with E-state index in [1.807, 2.05) is 0 Å². The highest BCUT2D eigenvalue weighted by molar-refractivity contribution is 7.93. The lowest BCUT2D eigenvalue weighted by atomic mass is 10.3. The smallest absolute Gasteiger partial charge is 0.264 e. The summed E-state index contributed by atoms with van der Waals surface area (Å²) in [5.74, 6) is 0. The van der Waals surface area contributed by atoms with Crippen molar-refractivity contribution in [2.45, 2.75) is 4.90 Å². The van der Waals surface area contributed by atoms with Crippen molar-refractivity contribution in [1.82, 2.24) is 0 Å². The minimum atomic E-state index is -3.95. The molecule has 4 nitrogen and oxygen atoms in total. The Morgan fingerprint density at radius 2 is 1.60 bits per heavy atom. The van der Waals surface area contributed by atoms with Gasteiger partial charge in [0.2, 0.25) is 0 Å². The van der Waals surface area contributed by atoms with Crippen LogP contribution in [0.1, 0.15) is 0 Å². The first-order valence-corrected chi connectivity index (χ1v) is 7.95. The minimum Gasteiger partial charge on any atom is -0.397 e. The molecule has 0 amide bonds. The van der Waals surface area contributed by atoms with Gasteiger partial charge in [0.1, 0.15) is 4.90 Å². The second-order valence-corrected chi connectivity index (χ2v) is 6.76. The van der Waals surface area contributed by atoms with E-state index in [0.717, 1.165) is 0 Å². The van der Waals surface area contributed by atoms with Crippen molar-refractivity contribution in [2.24, 2.45) is 0 Å². The highest BCUT2D eigenvalue weighted by atomic mass is 35.5. The van der Waals surface area contributed by atoms with E-state index in [4.69, 9.17) is 40.5 Å². The van der Waals surface area contributed by atoms with E-state index in [0.29, 0.717) is 5.02 Å². The number of halogens is 3. The quantitative estimate of drug-likeness (QED) is 0.820. The summed E-state index contributed by atoms with van der Waals surface area (Å²) in [4.78, 5) is -0.197. The number of anilines is 2. The summed E-state index contributed by atoms with van der Waals surface area (Å²) in [6.07, 6.45) is 0. The molecule has 0 aliphatic heterocycles. The Morgan fingerprint density at radius 3 is 2.15 bits per heavy atom. The molecule has 2 aromatic carbocycles. The molecule has 0 aromatic heterocycles. The predicted molar refractivity (Wildman–Crippen MR) is 83.1 cm³/mol. The fraction of sp³-hybridized carbons (Fsp3) is 0. The number of sulfonamides is 1. The number of nitrogens with two attached hydrogens (primary N) is 1. The van der Waals surface area contributed by atoms with Gasteiger partial charge in [-0.05, 0) is 30.3 Å². The zero-order valence-electron chi connectivity index (χ0n) is 9.90. The van der Waals surface area contributed by atoms with Crippen molar-refractivity contribution in [1.29, 1.82) is 0 Å². The third-order valence-corrected chi connectivity index (χ3v) is 5.00. The second kappa shape index (κ2) is 5.69. The normalized spacial score (nSPS) is 11.3. The van der Waals surface area contributed by atoms with Gasteiger partial charge in [0.25, 0.3) is 10.0 Å². The van der Waals surface area contributed by atoms with Gasteiger partial charge in [-0.3, -0.25) is 4.72 Å². The van der Waals surface area contributed by atoms with Crippen molar-refractivity contribution >= 4 is 56.2 Å². The molecule has 0 bridgehead atoms. The summed E-state index contributed by atoms with van der Waals surface area (Å²) in [7, 11) is -3.95. The van der Waals surface area contributed by atoms with Crippen LogP contribution in [0.3, 0.4) is 0 Å². The predicted octanol–water partition coefficient (Wildman–Crippen LogP) is 4.03. The van der Waals surface area contributed by atoms with Crippen LogP contribution in [0.25, 0.3) is 0 Å². The van der Waals surface area contributed by atoms with E-state index >= 15 is 0 Å². The lowest BCUT2D eigenvalue weighted by molar-refractivity contribution is 0.601. The molecule has 0 saturated heterocycles. The molecule has 2 aromatic rings. The number of hydrogen-bond acceptors (Lipinski definition) is 3. The van der Waals surface area contributed by atoms with Crippen LogP contribution in [0, 0.1) is 0 Å². The van der Waals surface area contributed by atoms with Crippen LogP contribution in [-0.4, -0.2) is 8.42 Å². The van der Waals surface area contributed by atoms with Crippen molar-refractivity contribution in [3.8, 4) is 0 Å². The van der Waals surface area contributed by atoms with Crippen LogP contribution in [0.5, 0.6) is 0 Å². The first-order chi connectivity index (χ1) is 9.31. The van der Waals surface area contributed by atoms with Crippen LogP contribution < -0.4 is 10.5 Å². The van der Waals surface area contributed by atoms with Crippen molar-refractivity contribution in [3.63, 3.8) is 0 Å². The topological polar surface area (TPSA) is 72.2 Å². The lowest BCUT2D eigenvalue weighted by Crippen LogP contribution is -2.15. The van der Waals surface area contributed by atoms with E-state index < -0.39 is 10.0 Å². The van der Waals surface area contributed by atoms with E-state index in [1.165, 1.54) is 30.3 Å². The summed E-state index contributed by atoms with van der Waals surface area (Å²) in [5.41, 5.74) is 6.10. The van der Waals surface area contributed by atoms with Crippen LogP contribution in [-0.2, 0) is 10.0 Å². The number of nitrogen functional groups attached to an aromatic ring is 1. The van der Waals surface area contributed by atoms with Crippen molar-refractivity contribution in [3.05, 3.63) is 51.5 Å². The molecule has 3 N–H and O–H groups in total. The Hall–Kier alpha value is -1.14. The molecule has 106 valence electrons. The van der Waals surface area contributed by atoms with Gasteiger partial charge in [0.05, 0.1) is 21.4 Å². The van der Waals surface area contributed by atoms with Gasteiger partial charge in [-0.25, -0.2) is 8.42 Å². The Bertz CT molecular complexity index is 743. The second-order valence-electron chi connectivity index (χ2n) is 3.89. The average Bonchev–Trinajstić information content (AvgIpc) is 2.32. The van der Waals surface area contributed by atoms with Crippen molar-refractivity contribution < 1.29 is 8.42 Å². The van der Waals surface area contributed by atoms with Crippen LogP contribution in [0.4, 0.5) is 11.4 Å². The summed E-state index contributed by atoms with van der Waals surface area (Å²) in [5, 5.41) is 0.455. The summed E-state index contributed by atoms with van der Waals surface area (Å²) in [6.45, 7) is 0. The van der Waals surface area contributed by atoms with Crippen LogP contribution >= 0.6 is 34.8 Å². The monoisotopic (exact) mass is 350 g/mol.